The lowest BCUT2D eigenvalue weighted by Gasteiger charge is -2.60. The first kappa shape index (κ1) is 25.6. The van der Waals surface area contributed by atoms with Crippen molar-refractivity contribution in [1.29, 1.82) is 0 Å². The molecule has 12 nitrogen and oxygen atoms in total. The van der Waals surface area contributed by atoms with Crippen LogP contribution in [-0.2, 0) is 24.0 Å². The summed E-state index contributed by atoms with van der Waals surface area (Å²) in [7, 11) is 2.85. The van der Waals surface area contributed by atoms with E-state index >= 15 is 0 Å². The SMILES string of the molecule is C[C@@H]1c2ccc(NC=O)c(O)c2C(=O)C2C(=O)[C@@]3(O)C(=O)C(C(N)=O)C(=O)[C@H](N(C)C)[C@H]3[C@H](O)[C@]21C. The van der Waals surface area contributed by atoms with Gasteiger partial charge in [-0.3, -0.25) is 33.7 Å². The van der Waals surface area contributed by atoms with Crippen LogP contribution in [-0.4, -0.2) is 87.5 Å². The lowest BCUT2D eigenvalue weighted by Crippen LogP contribution is -2.79. The number of amides is 2. The standard InChI is InChI=1S/C24H27N3O9/c1-8-9-5-6-10(26-7-28)16(29)11(9)17(30)14-21(34)24(36)13(20(33)23(8,14)2)15(27(3)4)18(31)12(19(24)32)22(25)35/h5-8,12-15,20,29,33,36H,1-4H3,(H2,25,35)(H,26,28)/t8-,12?,13+,14?,15-,20+,23+,24+/m1/s1. The average Bonchev–Trinajstić information content (AvgIpc) is 2.79. The van der Waals surface area contributed by atoms with Crippen molar-refractivity contribution in [1.82, 2.24) is 4.90 Å². The highest BCUT2D eigenvalue weighted by Gasteiger charge is 2.76. The smallest absolute Gasteiger partial charge is 0.235 e. The number of aromatic hydroxyl groups is 1. The Morgan fingerprint density at radius 3 is 2.31 bits per heavy atom. The summed E-state index contributed by atoms with van der Waals surface area (Å²) in [5.74, 6) is -13.1. The predicted octanol–water partition coefficient (Wildman–Crippen LogP) is -1.64. The molecule has 4 rings (SSSR count). The molecule has 3 aliphatic rings. The van der Waals surface area contributed by atoms with Gasteiger partial charge in [-0.05, 0) is 31.6 Å². The van der Waals surface area contributed by atoms with E-state index in [0.29, 0.717) is 0 Å². The third-order valence-electron chi connectivity index (χ3n) is 8.45. The van der Waals surface area contributed by atoms with E-state index < -0.39 is 81.6 Å². The number of likely N-dealkylation sites (N-methyl/N-ethyl adjacent to an activating group) is 1. The molecule has 0 radical (unpaired) electrons. The Labute approximate surface area is 205 Å². The zero-order valence-electron chi connectivity index (χ0n) is 20.0. The molecule has 2 amide bonds. The Balaban J connectivity index is 2.00. The number of hydrogen-bond donors (Lipinski definition) is 5. The first-order chi connectivity index (χ1) is 16.7. The molecule has 0 heterocycles. The van der Waals surface area contributed by atoms with Crippen LogP contribution in [0.3, 0.4) is 0 Å². The number of benzene rings is 1. The number of nitrogens with two attached hydrogens (primary N) is 1. The van der Waals surface area contributed by atoms with Gasteiger partial charge in [0.05, 0.1) is 35.2 Å². The average molecular weight is 501 g/mol. The van der Waals surface area contributed by atoms with Crippen LogP contribution in [0.15, 0.2) is 12.1 Å². The molecule has 2 unspecified atom stereocenters. The summed E-state index contributed by atoms with van der Waals surface area (Å²) in [4.78, 5) is 78.5. The van der Waals surface area contributed by atoms with Gasteiger partial charge >= 0.3 is 0 Å². The molecular formula is C24H27N3O9. The van der Waals surface area contributed by atoms with Crippen molar-refractivity contribution in [2.75, 3.05) is 19.4 Å². The Bertz CT molecular complexity index is 1240. The van der Waals surface area contributed by atoms with E-state index in [1.54, 1.807) is 6.92 Å². The molecule has 2 saturated carbocycles. The van der Waals surface area contributed by atoms with Crippen molar-refractivity contribution in [3.8, 4) is 5.75 Å². The second-order valence-corrected chi connectivity index (χ2v) is 10.2. The van der Waals surface area contributed by atoms with Gasteiger partial charge in [-0.2, -0.15) is 0 Å². The molecule has 1 aromatic carbocycles. The summed E-state index contributed by atoms with van der Waals surface area (Å²) in [6, 6.07) is 1.38. The number of fused-ring (bicyclic) bond motifs is 3. The minimum atomic E-state index is -3.08. The second-order valence-electron chi connectivity index (χ2n) is 10.2. The summed E-state index contributed by atoms with van der Waals surface area (Å²) in [6.45, 7) is 3.05. The molecule has 0 aliphatic heterocycles. The van der Waals surface area contributed by atoms with Crippen LogP contribution in [0.2, 0.25) is 0 Å². The lowest BCUT2D eigenvalue weighted by atomic mass is 9.44. The molecule has 192 valence electrons. The lowest BCUT2D eigenvalue weighted by molar-refractivity contribution is -0.208. The van der Waals surface area contributed by atoms with E-state index in [2.05, 4.69) is 5.32 Å². The van der Waals surface area contributed by atoms with Gasteiger partial charge < -0.3 is 26.4 Å². The Hall–Kier alpha value is -3.48. The highest BCUT2D eigenvalue weighted by atomic mass is 16.3. The quantitative estimate of drug-likeness (QED) is 0.181. The van der Waals surface area contributed by atoms with Crippen molar-refractivity contribution < 1.29 is 44.1 Å². The number of aliphatic hydroxyl groups is 2. The van der Waals surface area contributed by atoms with Crippen molar-refractivity contribution >= 4 is 41.1 Å². The molecular weight excluding hydrogens is 474 g/mol. The van der Waals surface area contributed by atoms with Crippen LogP contribution in [0.5, 0.6) is 5.75 Å². The van der Waals surface area contributed by atoms with Crippen molar-refractivity contribution in [3.05, 3.63) is 23.3 Å². The number of aliphatic hydroxyl groups excluding tert-OH is 1. The van der Waals surface area contributed by atoms with Gasteiger partial charge in [0.15, 0.2) is 34.7 Å². The monoisotopic (exact) mass is 501 g/mol. The van der Waals surface area contributed by atoms with E-state index in [0.717, 1.165) is 0 Å². The number of anilines is 1. The number of phenolic OH excluding ortho intramolecular Hbond substituents is 1. The number of carbonyl (C=O) groups is 6. The van der Waals surface area contributed by atoms with Gasteiger partial charge in [0, 0.05) is 5.41 Å². The molecule has 0 saturated heterocycles. The molecule has 0 aromatic heterocycles. The fourth-order valence-corrected chi connectivity index (χ4v) is 6.48. The van der Waals surface area contributed by atoms with Crippen LogP contribution in [0.1, 0.15) is 35.7 Å². The Morgan fingerprint density at radius 2 is 1.78 bits per heavy atom. The summed E-state index contributed by atoms with van der Waals surface area (Å²) >= 11 is 0. The van der Waals surface area contributed by atoms with Crippen LogP contribution < -0.4 is 11.1 Å². The van der Waals surface area contributed by atoms with Gasteiger partial charge in [0.1, 0.15) is 5.75 Å². The van der Waals surface area contributed by atoms with Gasteiger partial charge in [-0.1, -0.05) is 19.9 Å². The van der Waals surface area contributed by atoms with Gasteiger partial charge in [-0.15, -0.1) is 0 Å². The highest BCUT2D eigenvalue weighted by molar-refractivity contribution is 6.32. The molecule has 8 atom stereocenters. The first-order valence-corrected chi connectivity index (χ1v) is 11.3. The zero-order chi connectivity index (χ0) is 27.1. The number of carbonyl (C=O) groups excluding carboxylic acids is 6. The van der Waals surface area contributed by atoms with E-state index in [1.807, 2.05) is 0 Å². The molecule has 0 spiro atoms. The maximum atomic E-state index is 14.0. The van der Waals surface area contributed by atoms with Gasteiger partial charge in [-0.25, -0.2) is 0 Å². The number of nitrogens with one attached hydrogen (secondary N) is 1. The van der Waals surface area contributed by atoms with Crippen LogP contribution in [0.25, 0.3) is 0 Å². The summed E-state index contributed by atoms with van der Waals surface area (Å²) in [5.41, 5.74) is 0.472. The van der Waals surface area contributed by atoms with E-state index in [4.69, 9.17) is 5.73 Å². The second kappa shape index (κ2) is 8.02. The number of Topliss-reactive ketones (excluding diaryl/α,β-unsaturated/α-hetero) is 4. The van der Waals surface area contributed by atoms with Crippen LogP contribution >= 0.6 is 0 Å². The summed E-state index contributed by atoms with van der Waals surface area (Å²) in [5, 5.41) is 36.3. The number of nitrogens with zero attached hydrogens (tertiary/aromatic N) is 1. The zero-order valence-corrected chi connectivity index (χ0v) is 20.0. The first-order valence-electron chi connectivity index (χ1n) is 11.3. The van der Waals surface area contributed by atoms with Gasteiger partial charge in [0.25, 0.3) is 0 Å². The minimum absolute atomic E-state index is 0.103. The number of rotatable bonds is 4. The van der Waals surface area contributed by atoms with Gasteiger partial charge in [0.2, 0.25) is 12.3 Å². The number of phenols is 1. The predicted molar refractivity (Wildman–Crippen MR) is 122 cm³/mol. The number of hydrogen-bond acceptors (Lipinski definition) is 10. The number of primary amides is 1. The third kappa shape index (κ3) is 2.85. The molecule has 2 fully saturated rings. The Morgan fingerprint density at radius 1 is 1.17 bits per heavy atom. The van der Waals surface area contributed by atoms with E-state index in [1.165, 1.54) is 38.1 Å². The molecule has 6 N–H and O–H groups in total. The molecule has 3 aliphatic carbocycles. The minimum Gasteiger partial charge on any atom is -0.505 e. The molecule has 1 aromatic rings. The molecule has 0 bridgehead atoms. The fourth-order valence-electron chi connectivity index (χ4n) is 6.48. The molecule has 12 heteroatoms. The molecule has 36 heavy (non-hydrogen) atoms. The fraction of sp³-hybridized carbons (Fsp3) is 0.500. The third-order valence-corrected chi connectivity index (χ3v) is 8.45. The van der Waals surface area contributed by atoms with Crippen molar-refractivity contribution in [2.45, 2.75) is 37.5 Å². The number of ketones is 4. The van der Waals surface area contributed by atoms with Crippen molar-refractivity contribution in [2.24, 2.45) is 28.9 Å². The van der Waals surface area contributed by atoms with Crippen molar-refractivity contribution in [3.63, 3.8) is 0 Å². The summed E-state index contributed by atoms with van der Waals surface area (Å²) < 4.78 is 0. The maximum Gasteiger partial charge on any atom is 0.235 e. The highest BCUT2D eigenvalue weighted by Crippen LogP contribution is 2.61. The van der Waals surface area contributed by atoms with Crippen LogP contribution in [0, 0.1) is 23.2 Å². The normalized spacial score (nSPS) is 37.8. The van der Waals surface area contributed by atoms with E-state index in [9.17, 15) is 44.1 Å². The largest absolute Gasteiger partial charge is 0.505 e. The van der Waals surface area contributed by atoms with Crippen LogP contribution in [0.4, 0.5) is 5.69 Å². The Kier molecular flexibility index (Phi) is 5.70. The topological polar surface area (TPSA) is 204 Å². The van der Waals surface area contributed by atoms with E-state index in [-0.39, 0.29) is 23.2 Å². The summed E-state index contributed by atoms with van der Waals surface area (Å²) in [6.07, 6.45) is -1.46. The maximum absolute atomic E-state index is 14.0.